The molecule has 0 fully saturated rings. The average molecular weight is 341 g/mol. The van der Waals surface area contributed by atoms with E-state index in [1.807, 2.05) is 6.07 Å². The van der Waals surface area contributed by atoms with E-state index < -0.39 is 0 Å². The predicted octanol–water partition coefficient (Wildman–Crippen LogP) is 4.07. The first-order valence-electron chi connectivity index (χ1n) is 4.31. The maximum absolute atomic E-state index is 6.05. The second-order valence-electron chi connectivity index (χ2n) is 3.72. The van der Waals surface area contributed by atoms with Crippen LogP contribution in [0.4, 0.5) is 0 Å². The molecule has 14 heavy (non-hydrogen) atoms. The van der Waals surface area contributed by atoms with Crippen LogP contribution in [0.3, 0.4) is 0 Å². The summed E-state index contributed by atoms with van der Waals surface area (Å²) in [5, 5.41) is 2.65. The SMILES string of the molecule is CC(CBr)(CBr)Cc1ccncc1Cl. The minimum absolute atomic E-state index is 0.199. The maximum atomic E-state index is 6.05. The number of pyridine rings is 1. The summed E-state index contributed by atoms with van der Waals surface area (Å²) in [6.07, 6.45) is 4.43. The molecule has 78 valence electrons. The molecule has 1 rings (SSSR count). The molecule has 0 aliphatic rings. The molecular formula is C10H12Br2ClN. The highest BCUT2D eigenvalue weighted by atomic mass is 79.9. The van der Waals surface area contributed by atoms with Gasteiger partial charge in [0, 0.05) is 23.1 Å². The van der Waals surface area contributed by atoms with Crippen LogP contribution in [0, 0.1) is 5.41 Å². The van der Waals surface area contributed by atoms with Gasteiger partial charge in [0.1, 0.15) is 0 Å². The van der Waals surface area contributed by atoms with Crippen molar-refractivity contribution in [1.82, 2.24) is 4.98 Å². The number of hydrogen-bond acceptors (Lipinski definition) is 1. The average Bonchev–Trinajstić information content (AvgIpc) is 2.21. The van der Waals surface area contributed by atoms with Crippen molar-refractivity contribution in [3.8, 4) is 0 Å². The molecule has 0 aliphatic heterocycles. The molecule has 0 atom stereocenters. The van der Waals surface area contributed by atoms with E-state index in [2.05, 4.69) is 43.8 Å². The summed E-state index contributed by atoms with van der Waals surface area (Å²) in [5.74, 6) is 0. The Morgan fingerprint density at radius 3 is 2.57 bits per heavy atom. The molecule has 1 heterocycles. The van der Waals surface area contributed by atoms with Gasteiger partial charge in [-0.1, -0.05) is 50.4 Å². The third-order valence-corrected chi connectivity index (χ3v) is 5.17. The molecule has 0 amide bonds. The lowest BCUT2D eigenvalue weighted by atomic mass is 9.88. The van der Waals surface area contributed by atoms with Crippen molar-refractivity contribution in [2.45, 2.75) is 13.3 Å². The van der Waals surface area contributed by atoms with Gasteiger partial charge in [-0.3, -0.25) is 4.98 Å². The number of hydrogen-bond donors (Lipinski definition) is 0. The standard InChI is InChI=1S/C10H12Br2ClN/c1-10(6-11,7-12)4-8-2-3-14-5-9(8)13/h2-3,5H,4,6-7H2,1H3. The Balaban J connectivity index is 2.82. The molecular weight excluding hydrogens is 329 g/mol. The van der Waals surface area contributed by atoms with Crippen LogP contribution < -0.4 is 0 Å². The van der Waals surface area contributed by atoms with Crippen LogP contribution >= 0.6 is 43.5 Å². The van der Waals surface area contributed by atoms with E-state index in [1.54, 1.807) is 12.4 Å². The van der Waals surface area contributed by atoms with E-state index in [4.69, 9.17) is 11.6 Å². The highest BCUT2D eigenvalue weighted by Gasteiger charge is 2.22. The molecule has 4 heteroatoms. The minimum Gasteiger partial charge on any atom is -0.263 e. The molecule has 0 aromatic carbocycles. The Hall–Kier alpha value is 0.400. The van der Waals surface area contributed by atoms with Crippen LogP contribution in [-0.4, -0.2) is 15.6 Å². The van der Waals surface area contributed by atoms with Crippen molar-refractivity contribution in [3.63, 3.8) is 0 Å². The summed E-state index contributed by atoms with van der Waals surface area (Å²) in [4.78, 5) is 3.97. The number of rotatable bonds is 4. The fourth-order valence-electron chi connectivity index (χ4n) is 1.14. The van der Waals surface area contributed by atoms with Gasteiger partial charge in [0.15, 0.2) is 0 Å². The Morgan fingerprint density at radius 2 is 2.07 bits per heavy atom. The number of aromatic nitrogens is 1. The van der Waals surface area contributed by atoms with E-state index in [1.165, 1.54) is 0 Å². The Bertz CT molecular complexity index is 300. The summed E-state index contributed by atoms with van der Waals surface area (Å²) in [5.41, 5.74) is 1.36. The van der Waals surface area contributed by atoms with Gasteiger partial charge in [-0.05, 0) is 23.5 Å². The van der Waals surface area contributed by atoms with Crippen molar-refractivity contribution < 1.29 is 0 Å². The summed E-state index contributed by atoms with van der Waals surface area (Å²) in [6.45, 7) is 2.22. The van der Waals surface area contributed by atoms with Crippen LogP contribution in [-0.2, 0) is 6.42 Å². The zero-order chi connectivity index (χ0) is 10.6. The van der Waals surface area contributed by atoms with Gasteiger partial charge in [-0.2, -0.15) is 0 Å². The molecule has 0 bridgehead atoms. The van der Waals surface area contributed by atoms with Gasteiger partial charge < -0.3 is 0 Å². The number of alkyl halides is 2. The van der Waals surface area contributed by atoms with Gasteiger partial charge in [0.2, 0.25) is 0 Å². The summed E-state index contributed by atoms with van der Waals surface area (Å²) in [7, 11) is 0. The predicted molar refractivity (Wildman–Crippen MR) is 68.6 cm³/mol. The van der Waals surface area contributed by atoms with Crippen molar-refractivity contribution in [2.24, 2.45) is 5.41 Å². The molecule has 0 spiro atoms. The van der Waals surface area contributed by atoms with Crippen LogP contribution in [0.5, 0.6) is 0 Å². The van der Waals surface area contributed by atoms with Crippen molar-refractivity contribution >= 4 is 43.5 Å². The first kappa shape index (κ1) is 12.5. The van der Waals surface area contributed by atoms with Gasteiger partial charge in [0.25, 0.3) is 0 Å². The van der Waals surface area contributed by atoms with Crippen molar-refractivity contribution in [1.29, 1.82) is 0 Å². The zero-order valence-electron chi connectivity index (χ0n) is 7.93. The van der Waals surface area contributed by atoms with Crippen LogP contribution in [0.1, 0.15) is 12.5 Å². The summed E-state index contributed by atoms with van der Waals surface area (Å²) in [6, 6.07) is 1.98. The quantitative estimate of drug-likeness (QED) is 0.752. The molecule has 0 saturated carbocycles. The van der Waals surface area contributed by atoms with Gasteiger partial charge in [0.05, 0.1) is 5.02 Å². The number of nitrogens with zero attached hydrogens (tertiary/aromatic N) is 1. The zero-order valence-corrected chi connectivity index (χ0v) is 11.9. The van der Waals surface area contributed by atoms with Crippen molar-refractivity contribution in [3.05, 3.63) is 29.0 Å². The Kier molecular flexibility index (Phi) is 4.88. The van der Waals surface area contributed by atoms with E-state index in [-0.39, 0.29) is 5.41 Å². The van der Waals surface area contributed by atoms with Crippen LogP contribution in [0.2, 0.25) is 5.02 Å². The smallest absolute Gasteiger partial charge is 0.0621 e. The summed E-state index contributed by atoms with van der Waals surface area (Å²) < 4.78 is 0. The molecule has 1 aromatic rings. The van der Waals surface area contributed by atoms with Crippen LogP contribution in [0.15, 0.2) is 18.5 Å². The Labute approximate surface area is 107 Å². The molecule has 0 saturated heterocycles. The number of halogens is 3. The molecule has 0 aliphatic carbocycles. The highest BCUT2D eigenvalue weighted by molar-refractivity contribution is 9.09. The van der Waals surface area contributed by atoms with Gasteiger partial charge >= 0.3 is 0 Å². The third-order valence-electron chi connectivity index (χ3n) is 2.12. The fourth-order valence-corrected chi connectivity index (χ4v) is 2.65. The summed E-state index contributed by atoms with van der Waals surface area (Å²) >= 11 is 13.1. The lowest BCUT2D eigenvalue weighted by Gasteiger charge is -2.25. The van der Waals surface area contributed by atoms with Gasteiger partial charge in [-0.25, -0.2) is 0 Å². The third kappa shape index (κ3) is 3.21. The monoisotopic (exact) mass is 339 g/mol. The van der Waals surface area contributed by atoms with E-state index in [9.17, 15) is 0 Å². The normalized spacial score (nSPS) is 11.7. The first-order valence-corrected chi connectivity index (χ1v) is 6.94. The lowest BCUT2D eigenvalue weighted by molar-refractivity contribution is 0.438. The van der Waals surface area contributed by atoms with Gasteiger partial charge in [-0.15, -0.1) is 0 Å². The lowest BCUT2D eigenvalue weighted by Crippen LogP contribution is -2.23. The topological polar surface area (TPSA) is 12.9 Å². The second-order valence-corrected chi connectivity index (χ2v) is 5.25. The molecule has 0 unspecified atom stereocenters. The first-order chi connectivity index (χ1) is 6.61. The molecule has 1 aromatic heterocycles. The fraction of sp³-hybridized carbons (Fsp3) is 0.500. The Morgan fingerprint density at radius 1 is 1.43 bits per heavy atom. The highest BCUT2D eigenvalue weighted by Crippen LogP contribution is 2.29. The minimum atomic E-state index is 0.199. The van der Waals surface area contributed by atoms with Crippen molar-refractivity contribution in [2.75, 3.05) is 10.7 Å². The maximum Gasteiger partial charge on any atom is 0.0621 e. The van der Waals surface area contributed by atoms with E-state index in [0.717, 1.165) is 27.7 Å². The van der Waals surface area contributed by atoms with E-state index >= 15 is 0 Å². The van der Waals surface area contributed by atoms with Crippen LogP contribution in [0.25, 0.3) is 0 Å². The van der Waals surface area contributed by atoms with E-state index in [0.29, 0.717) is 0 Å². The second kappa shape index (κ2) is 5.47. The largest absolute Gasteiger partial charge is 0.263 e. The molecule has 0 N–H and O–H groups in total. The molecule has 0 radical (unpaired) electrons. The molecule has 1 nitrogen and oxygen atoms in total.